The van der Waals surface area contributed by atoms with E-state index in [1.54, 1.807) is 4.90 Å². The molecular weight excluding hydrogens is 410 g/mol. The Hall–Kier alpha value is -2.08. The van der Waals surface area contributed by atoms with Crippen LogP contribution in [0.15, 0.2) is 52.5 Å². The van der Waals surface area contributed by atoms with E-state index in [1.165, 1.54) is 7.11 Å². The van der Waals surface area contributed by atoms with Gasteiger partial charge in [-0.1, -0.05) is 46.3 Å². The van der Waals surface area contributed by atoms with Gasteiger partial charge in [0.05, 0.1) is 19.7 Å². The number of hydrogen-bond acceptors (Lipinski definition) is 4. The molecule has 6 heteroatoms. The van der Waals surface area contributed by atoms with Gasteiger partial charge in [-0.25, -0.2) is 4.79 Å². The van der Waals surface area contributed by atoms with Gasteiger partial charge in [0.15, 0.2) is 5.60 Å². The zero-order valence-corrected chi connectivity index (χ0v) is 17.2. The molecule has 2 aliphatic rings. The lowest BCUT2D eigenvalue weighted by Crippen LogP contribution is -2.38. The van der Waals surface area contributed by atoms with Crippen LogP contribution in [0.2, 0.25) is 0 Å². The number of esters is 1. The fourth-order valence-electron chi connectivity index (χ4n) is 3.60. The maximum absolute atomic E-state index is 12.8. The molecule has 144 valence electrons. The van der Waals surface area contributed by atoms with Crippen LogP contribution in [-0.4, -0.2) is 36.2 Å². The number of benzene rings is 1. The van der Waals surface area contributed by atoms with Gasteiger partial charge in [-0.2, -0.15) is 0 Å². The van der Waals surface area contributed by atoms with Crippen LogP contribution in [0.1, 0.15) is 44.2 Å². The molecule has 1 aliphatic heterocycles. The van der Waals surface area contributed by atoms with Crippen molar-refractivity contribution in [3.63, 3.8) is 0 Å². The van der Waals surface area contributed by atoms with E-state index in [2.05, 4.69) is 28.1 Å². The number of allylic oxidation sites excluding steroid dienone is 2. The number of methoxy groups -OCH3 is 1. The zero-order chi connectivity index (χ0) is 19.4. The summed E-state index contributed by atoms with van der Waals surface area (Å²) in [6, 6.07) is 7.79. The first-order chi connectivity index (χ1) is 12.9. The number of carbonyl (C=O) groups excluding carboxylic acids is 2. The molecule has 0 unspecified atom stereocenters. The van der Waals surface area contributed by atoms with Crippen LogP contribution >= 0.6 is 15.9 Å². The Kier molecular flexibility index (Phi) is 6.05. The second kappa shape index (κ2) is 8.30. The molecular formula is C21H24BrNO4. The SMILES string of the molecule is COC(=O)CC[C@]1(C2=CCCC=C2)CN([C@@H](C)c2ccc(Br)cc2)C(=O)O1. The molecule has 0 aromatic heterocycles. The van der Waals surface area contributed by atoms with Crippen LogP contribution < -0.4 is 0 Å². The second-order valence-corrected chi connectivity index (χ2v) is 7.85. The first-order valence-corrected chi connectivity index (χ1v) is 9.93. The molecule has 1 saturated heterocycles. The molecule has 1 amide bonds. The third kappa shape index (κ3) is 4.26. The molecule has 1 aromatic rings. The highest BCUT2D eigenvalue weighted by Crippen LogP contribution is 2.40. The van der Waals surface area contributed by atoms with Crippen molar-refractivity contribution in [2.24, 2.45) is 0 Å². The lowest BCUT2D eigenvalue weighted by atomic mass is 9.85. The molecule has 2 atom stereocenters. The Bertz CT molecular complexity index is 771. The number of halogens is 1. The summed E-state index contributed by atoms with van der Waals surface area (Å²) in [5, 5.41) is 0. The fourth-order valence-corrected chi connectivity index (χ4v) is 3.86. The van der Waals surface area contributed by atoms with Crippen molar-refractivity contribution < 1.29 is 19.1 Å². The Morgan fingerprint density at radius 1 is 1.33 bits per heavy atom. The van der Waals surface area contributed by atoms with Crippen molar-refractivity contribution >= 4 is 28.0 Å². The topological polar surface area (TPSA) is 55.8 Å². The molecule has 0 radical (unpaired) electrons. The van der Waals surface area contributed by atoms with E-state index >= 15 is 0 Å². The predicted octanol–water partition coefficient (Wildman–Crippen LogP) is 4.93. The summed E-state index contributed by atoms with van der Waals surface area (Å²) in [5.74, 6) is -0.301. The first-order valence-electron chi connectivity index (χ1n) is 9.14. The Morgan fingerprint density at radius 3 is 2.70 bits per heavy atom. The highest BCUT2D eigenvalue weighted by atomic mass is 79.9. The van der Waals surface area contributed by atoms with E-state index in [0.717, 1.165) is 28.5 Å². The summed E-state index contributed by atoms with van der Waals surface area (Å²) < 4.78 is 11.7. The summed E-state index contributed by atoms with van der Waals surface area (Å²) >= 11 is 3.44. The lowest BCUT2D eigenvalue weighted by Gasteiger charge is -2.30. The summed E-state index contributed by atoms with van der Waals surface area (Å²) in [6.45, 7) is 2.40. The van der Waals surface area contributed by atoms with Crippen molar-refractivity contribution in [3.8, 4) is 0 Å². The van der Waals surface area contributed by atoms with Gasteiger partial charge < -0.3 is 9.47 Å². The molecule has 0 saturated carbocycles. The molecule has 3 rings (SSSR count). The van der Waals surface area contributed by atoms with E-state index in [0.29, 0.717) is 13.0 Å². The largest absolute Gasteiger partial charge is 0.469 e. The molecule has 0 spiro atoms. The number of rotatable bonds is 6. The Morgan fingerprint density at radius 2 is 2.07 bits per heavy atom. The average molecular weight is 434 g/mol. The van der Waals surface area contributed by atoms with Gasteiger partial charge in [-0.3, -0.25) is 9.69 Å². The van der Waals surface area contributed by atoms with Gasteiger partial charge in [0.25, 0.3) is 0 Å². The molecule has 5 nitrogen and oxygen atoms in total. The quantitative estimate of drug-likeness (QED) is 0.596. The molecule has 0 bridgehead atoms. The molecule has 1 aromatic carbocycles. The lowest BCUT2D eigenvalue weighted by molar-refractivity contribution is -0.141. The number of ether oxygens (including phenoxy) is 2. The van der Waals surface area contributed by atoms with Crippen molar-refractivity contribution in [1.29, 1.82) is 0 Å². The van der Waals surface area contributed by atoms with E-state index in [1.807, 2.05) is 37.3 Å². The number of carbonyl (C=O) groups is 2. The van der Waals surface area contributed by atoms with Crippen LogP contribution in [-0.2, 0) is 14.3 Å². The molecule has 0 N–H and O–H groups in total. The molecule has 27 heavy (non-hydrogen) atoms. The third-order valence-corrected chi connectivity index (χ3v) is 5.77. The summed E-state index contributed by atoms with van der Waals surface area (Å²) in [7, 11) is 1.37. The minimum atomic E-state index is -0.814. The van der Waals surface area contributed by atoms with Crippen molar-refractivity contribution in [1.82, 2.24) is 4.90 Å². The van der Waals surface area contributed by atoms with E-state index < -0.39 is 5.60 Å². The predicted molar refractivity (Wildman–Crippen MR) is 106 cm³/mol. The van der Waals surface area contributed by atoms with E-state index in [4.69, 9.17) is 9.47 Å². The van der Waals surface area contributed by atoms with Gasteiger partial charge in [0.1, 0.15) is 0 Å². The second-order valence-electron chi connectivity index (χ2n) is 6.93. The van der Waals surface area contributed by atoms with E-state index in [-0.39, 0.29) is 24.5 Å². The Balaban J connectivity index is 1.85. The summed E-state index contributed by atoms with van der Waals surface area (Å²) in [4.78, 5) is 26.2. The first kappa shape index (κ1) is 19.7. The minimum Gasteiger partial charge on any atom is -0.469 e. The average Bonchev–Trinajstić information content (AvgIpc) is 3.04. The van der Waals surface area contributed by atoms with Gasteiger partial charge >= 0.3 is 12.1 Å². The highest BCUT2D eigenvalue weighted by Gasteiger charge is 2.48. The summed E-state index contributed by atoms with van der Waals surface area (Å²) in [5.41, 5.74) is 1.19. The Labute approximate surface area is 168 Å². The molecule has 1 fully saturated rings. The normalized spacial score (nSPS) is 23.0. The van der Waals surface area contributed by atoms with E-state index in [9.17, 15) is 9.59 Å². The zero-order valence-electron chi connectivity index (χ0n) is 15.6. The number of amides is 1. The van der Waals surface area contributed by atoms with Gasteiger partial charge in [-0.05, 0) is 43.0 Å². The van der Waals surface area contributed by atoms with Crippen LogP contribution in [0.3, 0.4) is 0 Å². The maximum atomic E-state index is 12.8. The molecule has 1 heterocycles. The van der Waals surface area contributed by atoms with Gasteiger partial charge in [0.2, 0.25) is 0 Å². The van der Waals surface area contributed by atoms with Crippen LogP contribution in [0.5, 0.6) is 0 Å². The number of cyclic esters (lactones) is 1. The fraction of sp³-hybridized carbons (Fsp3) is 0.429. The highest BCUT2D eigenvalue weighted by molar-refractivity contribution is 9.10. The van der Waals surface area contributed by atoms with Crippen LogP contribution in [0.4, 0.5) is 4.79 Å². The number of nitrogens with zero attached hydrogens (tertiary/aromatic N) is 1. The van der Waals surface area contributed by atoms with Crippen LogP contribution in [0, 0.1) is 0 Å². The van der Waals surface area contributed by atoms with Crippen molar-refractivity contribution in [2.45, 2.75) is 44.2 Å². The summed E-state index contributed by atoms with van der Waals surface area (Å²) in [6.07, 6.45) is 8.36. The number of hydrogen-bond donors (Lipinski definition) is 0. The van der Waals surface area contributed by atoms with Crippen LogP contribution in [0.25, 0.3) is 0 Å². The van der Waals surface area contributed by atoms with Gasteiger partial charge in [-0.15, -0.1) is 0 Å². The maximum Gasteiger partial charge on any atom is 0.411 e. The third-order valence-electron chi connectivity index (χ3n) is 5.24. The smallest absolute Gasteiger partial charge is 0.411 e. The van der Waals surface area contributed by atoms with Crippen molar-refractivity contribution in [2.75, 3.05) is 13.7 Å². The van der Waals surface area contributed by atoms with Crippen molar-refractivity contribution in [3.05, 3.63) is 58.1 Å². The van der Waals surface area contributed by atoms with Gasteiger partial charge in [0, 0.05) is 17.3 Å². The molecule has 1 aliphatic carbocycles. The minimum absolute atomic E-state index is 0.126. The standard InChI is InChI=1S/C21H24BrNO4/c1-15(16-8-10-18(22)11-9-16)23-14-21(27-20(23)25,13-12-19(24)26-2)17-6-4-3-5-7-17/h4,6-11,15H,3,5,12-14H2,1-2H3/t15-,21+/m0/s1. The monoisotopic (exact) mass is 433 g/mol.